The van der Waals surface area contributed by atoms with Crippen LogP contribution in [0.4, 0.5) is 5.69 Å². The summed E-state index contributed by atoms with van der Waals surface area (Å²) in [6.45, 7) is 3.80. The quantitative estimate of drug-likeness (QED) is 0.714. The second kappa shape index (κ2) is 5.83. The van der Waals surface area contributed by atoms with Crippen LogP contribution in [0.25, 0.3) is 0 Å². The molecule has 0 aliphatic carbocycles. The van der Waals surface area contributed by atoms with E-state index in [4.69, 9.17) is 23.2 Å². The van der Waals surface area contributed by atoms with Crippen LogP contribution in [0.2, 0.25) is 10.0 Å². The number of thiophene rings is 1. The SMILES string of the molecule is Cc1cc(C(=O)Nc2c(Cl)ccc(C)c2Cl)sc1Br. The maximum Gasteiger partial charge on any atom is 0.265 e. The summed E-state index contributed by atoms with van der Waals surface area (Å²) < 4.78 is 0.944. The van der Waals surface area contributed by atoms with E-state index in [1.807, 2.05) is 26.0 Å². The molecule has 1 aromatic carbocycles. The number of aryl methyl sites for hydroxylation is 2. The molecule has 2 nitrogen and oxygen atoms in total. The van der Waals surface area contributed by atoms with Gasteiger partial charge in [-0.25, -0.2) is 0 Å². The molecule has 0 aliphatic heterocycles. The van der Waals surface area contributed by atoms with Crippen LogP contribution in [0.3, 0.4) is 0 Å². The van der Waals surface area contributed by atoms with Crippen molar-refractivity contribution in [2.45, 2.75) is 13.8 Å². The number of hydrogen-bond acceptors (Lipinski definition) is 2. The fourth-order valence-electron chi connectivity index (χ4n) is 1.52. The van der Waals surface area contributed by atoms with E-state index in [1.165, 1.54) is 11.3 Å². The van der Waals surface area contributed by atoms with E-state index in [-0.39, 0.29) is 5.91 Å². The fraction of sp³-hybridized carbons (Fsp3) is 0.154. The van der Waals surface area contributed by atoms with Crippen LogP contribution in [-0.2, 0) is 0 Å². The van der Waals surface area contributed by atoms with Crippen LogP contribution >= 0.6 is 50.5 Å². The van der Waals surface area contributed by atoms with Crippen molar-refractivity contribution >= 4 is 62.1 Å². The number of anilines is 1. The zero-order valence-electron chi connectivity index (χ0n) is 10.2. The van der Waals surface area contributed by atoms with E-state index in [2.05, 4.69) is 21.2 Å². The van der Waals surface area contributed by atoms with Crippen molar-refractivity contribution < 1.29 is 4.79 Å². The standard InChI is InChI=1S/C13H10BrCl2NOS/c1-6-3-4-8(15)11(10(6)16)17-13(18)9-5-7(2)12(14)19-9/h3-5H,1-2H3,(H,17,18). The number of amides is 1. The normalized spacial score (nSPS) is 10.6. The second-order valence-electron chi connectivity index (χ2n) is 4.07. The molecule has 0 bridgehead atoms. The fourth-order valence-corrected chi connectivity index (χ4v) is 3.41. The monoisotopic (exact) mass is 377 g/mol. The number of hydrogen-bond donors (Lipinski definition) is 1. The first kappa shape index (κ1) is 14.9. The molecule has 0 atom stereocenters. The van der Waals surface area contributed by atoms with Crippen LogP contribution in [0, 0.1) is 13.8 Å². The predicted molar refractivity (Wildman–Crippen MR) is 85.9 cm³/mol. The molecule has 0 spiro atoms. The van der Waals surface area contributed by atoms with E-state index < -0.39 is 0 Å². The maximum atomic E-state index is 12.2. The Bertz CT molecular complexity index is 635. The van der Waals surface area contributed by atoms with Gasteiger partial charge >= 0.3 is 0 Å². The maximum absolute atomic E-state index is 12.2. The average molecular weight is 379 g/mol. The van der Waals surface area contributed by atoms with E-state index in [0.717, 1.165) is 14.9 Å². The van der Waals surface area contributed by atoms with Gasteiger partial charge in [-0.2, -0.15) is 0 Å². The first-order valence-corrected chi connectivity index (χ1v) is 7.78. The Labute approximate surface area is 133 Å². The van der Waals surface area contributed by atoms with Gasteiger partial charge in [-0.1, -0.05) is 29.3 Å². The topological polar surface area (TPSA) is 29.1 Å². The lowest BCUT2D eigenvalue weighted by Gasteiger charge is -2.10. The van der Waals surface area contributed by atoms with Crippen molar-refractivity contribution in [2.75, 3.05) is 5.32 Å². The molecule has 1 heterocycles. The predicted octanol–water partition coefficient (Wildman–Crippen LogP) is 5.69. The van der Waals surface area contributed by atoms with Gasteiger partial charge in [-0.3, -0.25) is 4.79 Å². The van der Waals surface area contributed by atoms with Crippen LogP contribution in [0.1, 0.15) is 20.8 Å². The molecule has 0 unspecified atom stereocenters. The first-order valence-electron chi connectivity index (χ1n) is 5.42. The highest BCUT2D eigenvalue weighted by Crippen LogP contribution is 2.34. The molecule has 0 fully saturated rings. The van der Waals surface area contributed by atoms with Crippen LogP contribution < -0.4 is 5.32 Å². The lowest BCUT2D eigenvalue weighted by Crippen LogP contribution is -2.11. The summed E-state index contributed by atoms with van der Waals surface area (Å²) in [5.41, 5.74) is 2.34. The van der Waals surface area contributed by atoms with Crippen LogP contribution in [-0.4, -0.2) is 5.91 Å². The molecule has 0 aliphatic rings. The molecule has 1 amide bonds. The van der Waals surface area contributed by atoms with Crippen molar-refractivity contribution in [3.8, 4) is 0 Å². The lowest BCUT2D eigenvalue weighted by atomic mass is 10.2. The van der Waals surface area contributed by atoms with E-state index in [9.17, 15) is 4.79 Å². The average Bonchev–Trinajstić information content (AvgIpc) is 2.70. The summed E-state index contributed by atoms with van der Waals surface area (Å²) in [5, 5.41) is 3.66. The molecule has 0 saturated carbocycles. The Balaban J connectivity index is 2.31. The van der Waals surface area contributed by atoms with Gasteiger partial charge in [0.15, 0.2) is 0 Å². The summed E-state index contributed by atoms with van der Waals surface area (Å²) in [7, 11) is 0. The summed E-state index contributed by atoms with van der Waals surface area (Å²) in [6.07, 6.45) is 0. The number of rotatable bonds is 2. The van der Waals surface area contributed by atoms with Crippen LogP contribution in [0.15, 0.2) is 22.0 Å². The second-order valence-corrected chi connectivity index (χ2v) is 7.23. The molecular formula is C13H10BrCl2NOS. The molecule has 0 saturated heterocycles. The van der Waals surface area contributed by atoms with E-state index in [0.29, 0.717) is 20.6 Å². The highest BCUT2D eigenvalue weighted by Gasteiger charge is 2.15. The largest absolute Gasteiger partial charge is 0.319 e. The summed E-state index contributed by atoms with van der Waals surface area (Å²) in [5.74, 6) is -0.215. The third-order valence-electron chi connectivity index (χ3n) is 2.60. The Morgan fingerprint density at radius 3 is 2.53 bits per heavy atom. The van der Waals surface area contributed by atoms with E-state index in [1.54, 1.807) is 6.07 Å². The highest BCUT2D eigenvalue weighted by molar-refractivity contribution is 9.11. The van der Waals surface area contributed by atoms with Crippen molar-refractivity contribution in [1.29, 1.82) is 0 Å². The van der Waals surface area contributed by atoms with Gasteiger partial charge in [0.1, 0.15) is 0 Å². The van der Waals surface area contributed by atoms with Gasteiger partial charge < -0.3 is 5.32 Å². The number of carbonyl (C=O) groups is 1. The van der Waals surface area contributed by atoms with Gasteiger partial charge in [-0.15, -0.1) is 11.3 Å². The molecule has 2 aromatic rings. The van der Waals surface area contributed by atoms with Gasteiger partial charge in [0.2, 0.25) is 0 Å². The Kier molecular flexibility index (Phi) is 4.56. The molecule has 0 radical (unpaired) electrons. The number of carbonyl (C=O) groups excluding carboxylic acids is 1. The molecule has 100 valence electrons. The molecule has 1 N–H and O–H groups in total. The van der Waals surface area contributed by atoms with Crippen molar-refractivity contribution in [1.82, 2.24) is 0 Å². The molecule has 2 rings (SSSR count). The van der Waals surface area contributed by atoms with Crippen LogP contribution in [0.5, 0.6) is 0 Å². The zero-order valence-corrected chi connectivity index (χ0v) is 14.1. The Morgan fingerprint density at radius 1 is 1.26 bits per heavy atom. The highest BCUT2D eigenvalue weighted by atomic mass is 79.9. The van der Waals surface area contributed by atoms with Gasteiger partial charge in [0, 0.05) is 0 Å². The number of halogens is 3. The minimum atomic E-state index is -0.215. The van der Waals surface area contributed by atoms with Gasteiger partial charge in [0.05, 0.1) is 24.4 Å². The Hall–Kier alpha value is -0.550. The smallest absolute Gasteiger partial charge is 0.265 e. The molecular weight excluding hydrogens is 369 g/mol. The molecule has 19 heavy (non-hydrogen) atoms. The summed E-state index contributed by atoms with van der Waals surface area (Å²) in [4.78, 5) is 12.8. The summed E-state index contributed by atoms with van der Waals surface area (Å²) >= 11 is 17.0. The van der Waals surface area contributed by atoms with Crippen molar-refractivity contribution in [2.24, 2.45) is 0 Å². The van der Waals surface area contributed by atoms with E-state index >= 15 is 0 Å². The molecule has 1 aromatic heterocycles. The Morgan fingerprint density at radius 2 is 1.95 bits per heavy atom. The number of nitrogens with one attached hydrogen (secondary N) is 1. The minimum absolute atomic E-state index is 0.215. The third kappa shape index (κ3) is 3.14. The van der Waals surface area contributed by atoms with Gasteiger partial charge in [0.25, 0.3) is 5.91 Å². The minimum Gasteiger partial charge on any atom is -0.319 e. The molecule has 6 heteroatoms. The van der Waals surface area contributed by atoms with Crippen molar-refractivity contribution in [3.63, 3.8) is 0 Å². The summed E-state index contributed by atoms with van der Waals surface area (Å²) in [6, 6.07) is 5.35. The third-order valence-corrected chi connectivity index (χ3v) is 5.54. The van der Waals surface area contributed by atoms with Gasteiger partial charge in [-0.05, 0) is 53.0 Å². The van der Waals surface area contributed by atoms with Crippen molar-refractivity contribution in [3.05, 3.63) is 48.0 Å². The lowest BCUT2D eigenvalue weighted by molar-refractivity contribution is 0.103. The zero-order chi connectivity index (χ0) is 14.2. The first-order chi connectivity index (χ1) is 8.90. The number of benzene rings is 1.